The molecule has 0 aromatic heterocycles. The molecule has 1 aromatic carbocycles. The molecular weight excluding hydrogens is 406 g/mol. The molecule has 5 atom stereocenters. The summed E-state index contributed by atoms with van der Waals surface area (Å²) in [6.07, 6.45) is 8.64. The van der Waals surface area contributed by atoms with E-state index in [1.807, 2.05) is 6.07 Å². The predicted octanol–water partition coefficient (Wildman–Crippen LogP) is 2.59. The third-order valence-electron chi connectivity index (χ3n) is 7.05. The molecule has 1 saturated heterocycles. The Hall–Kier alpha value is -1.61. The lowest BCUT2D eigenvalue weighted by Crippen LogP contribution is -2.65. The Balaban J connectivity index is 1.61. The summed E-state index contributed by atoms with van der Waals surface area (Å²) in [7, 11) is -1.92. The van der Waals surface area contributed by atoms with Crippen molar-refractivity contribution in [2.24, 2.45) is 5.92 Å². The average molecular weight is 436 g/mol. The number of unbranched alkanes of at least 4 members (excludes halogenated alkanes) is 1. The first-order chi connectivity index (χ1) is 14.4. The van der Waals surface area contributed by atoms with Crippen LogP contribution in [0, 0.1) is 5.92 Å². The highest BCUT2D eigenvalue weighted by Gasteiger charge is 2.65. The van der Waals surface area contributed by atoms with Crippen LogP contribution < -0.4 is 9.47 Å². The smallest absolute Gasteiger partial charge is 0.280 e. The summed E-state index contributed by atoms with van der Waals surface area (Å²) < 4.78 is 47.6. The molecule has 1 aromatic rings. The van der Waals surface area contributed by atoms with Gasteiger partial charge in [0.2, 0.25) is 0 Å². The summed E-state index contributed by atoms with van der Waals surface area (Å²) in [5.41, 5.74) is 2.14. The Morgan fingerprint density at radius 3 is 2.87 bits per heavy atom. The Morgan fingerprint density at radius 2 is 2.13 bits per heavy atom. The van der Waals surface area contributed by atoms with E-state index in [9.17, 15) is 8.42 Å². The minimum Gasteiger partial charge on any atom is -0.493 e. The van der Waals surface area contributed by atoms with Crippen LogP contribution in [-0.2, 0) is 31.0 Å². The van der Waals surface area contributed by atoms with Gasteiger partial charge in [0.05, 0.1) is 13.4 Å². The van der Waals surface area contributed by atoms with Crippen LogP contribution in [0.2, 0.25) is 0 Å². The number of hydroxylamine groups is 2. The quantitative estimate of drug-likeness (QED) is 0.481. The van der Waals surface area contributed by atoms with Crippen molar-refractivity contribution < 1.29 is 26.9 Å². The molecular formula is C22H29NO6S. The fraction of sp³-hybridized carbons (Fsp3) is 0.636. The summed E-state index contributed by atoms with van der Waals surface area (Å²) in [6.45, 7) is 3.37. The molecule has 1 spiro atoms. The van der Waals surface area contributed by atoms with Gasteiger partial charge in [-0.25, -0.2) is 0 Å². The monoisotopic (exact) mass is 435 g/mol. The zero-order valence-electron chi connectivity index (χ0n) is 17.7. The molecule has 2 heterocycles. The van der Waals surface area contributed by atoms with E-state index in [-0.39, 0.29) is 29.6 Å². The molecule has 4 aliphatic rings. The lowest BCUT2D eigenvalue weighted by molar-refractivity contribution is -0.162. The van der Waals surface area contributed by atoms with Gasteiger partial charge in [-0.3, -0.25) is 0 Å². The number of hydrogen-bond acceptors (Lipinski definition) is 7. The van der Waals surface area contributed by atoms with Gasteiger partial charge < -0.3 is 14.2 Å². The van der Waals surface area contributed by atoms with Crippen LogP contribution in [0.25, 0.3) is 0 Å². The van der Waals surface area contributed by atoms with Crippen molar-refractivity contribution in [2.45, 2.75) is 56.3 Å². The third-order valence-corrected chi connectivity index (χ3v) is 7.51. The summed E-state index contributed by atoms with van der Waals surface area (Å²) >= 11 is 0. The predicted molar refractivity (Wildman–Crippen MR) is 111 cm³/mol. The molecule has 2 aliphatic carbocycles. The maximum Gasteiger partial charge on any atom is 0.280 e. The highest BCUT2D eigenvalue weighted by Crippen LogP contribution is 2.62. The molecule has 5 rings (SSSR count). The van der Waals surface area contributed by atoms with Crippen LogP contribution in [-0.4, -0.2) is 58.2 Å². The number of rotatable bonds is 7. The highest BCUT2D eigenvalue weighted by molar-refractivity contribution is 7.85. The molecule has 1 fully saturated rings. The van der Waals surface area contributed by atoms with Crippen LogP contribution in [0.5, 0.6) is 11.5 Å². The first kappa shape index (κ1) is 20.3. The van der Waals surface area contributed by atoms with Gasteiger partial charge in [-0.1, -0.05) is 31.6 Å². The molecule has 164 valence electrons. The SMILES string of the molecule is CCCCOC1C=CC2[C@H]3Cc4ccc(OC)c5c4[C@@]2(CCN3OS(C)(=O)=O)C1O5. The number of hydrogen-bond donors (Lipinski definition) is 0. The summed E-state index contributed by atoms with van der Waals surface area (Å²) in [6, 6.07) is 3.96. The highest BCUT2D eigenvalue weighted by atomic mass is 32.2. The van der Waals surface area contributed by atoms with Crippen LogP contribution in [0.1, 0.15) is 37.3 Å². The van der Waals surface area contributed by atoms with E-state index in [1.54, 1.807) is 12.2 Å². The Bertz CT molecular complexity index is 976. The van der Waals surface area contributed by atoms with Crippen LogP contribution in [0.4, 0.5) is 0 Å². The standard InChI is InChI=1S/C22H29NO6S/c1-4-5-12-27-18-9-7-15-16-13-14-6-8-17(26-2)20-19(14)22(15,21(18)28-20)10-11-23(16)29-30(3,24)25/h6-9,15-16,18,21H,4-5,10-13H2,1-3H3/t15?,16-,18?,21?,22+/m1/s1. The van der Waals surface area contributed by atoms with Gasteiger partial charge in [0.15, 0.2) is 11.5 Å². The maximum absolute atomic E-state index is 11.9. The van der Waals surface area contributed by atoms with Crippen LogP contribution in [0.3, 0.4) is 0 Å². The fourth-order valence-electron chi connectivity index (χ4n) is 5.93. The molecule has 7 nitrogen and oxygen atoms in total. The molecule has 3 unspecified atom stereocenters. The lowest BCUT2D eigenvalue weighted by Gasteiger charge is -2.56. The first-order valence-electron chi connectivity index (χ1n) is 10.7. The van der Waals surface area contributed by atoms with E-state index in [4.69, 9.17) is 18.5 Å². The van der Waals surface area contributed by atoms with E-state index >= 15 is 0 Å². The van der Waals surface area contributed by atoms with Gasteiger partial charge in [0, 0.05) is 36.1 Å². The van der Waals surface area contributed by atoms with Crippen molar-refractivity contribution in [1.82, 2.24) is 5.06 Å². The number of benzene rings is 1. The topological polar surface area (TPSA) is 74.3 Å². The number of ether oxygens (including phenoxy) is 3. The second-order valence-electron chi connectivity index (χ2n) is 8.75. The second-order valence-corrected chi connectivity index (χ2v) is 10.3. The Labute approximate surface area is 178 Å². The Kier molecular flexibility index (Phi) is 4.89. The van der Waals surface area contributed by atoms with E-state index in [0.29, 0.717) is 19.6 Å². The van der Waals surface area contributed by atoms with Crippen LogP contribution in [0.15, 0.2) is 24.3 Å². The van der Waals surface area contributed by atoms with Gasteiger partial charge >= 0.3 is 0 Å². The van der Waals surface area contributed by atoms with Crippen molar-refractivity contribution in [3.8, 4) is 11.5 Å². The third kappa shape index (κ3) is 2.92. The van der Waals surface area contributed by atoms with Gasteiger partial charge in [0.1, 0.15) is 12.2 Å². The molecule has 30 heavy (non-hydrogen) atoms. The second kappa shape index (κ2) is 7.22. The maximum atomic E-state index is 11.9. The molecule has 0 radical (unpaired) electrons. The van der Waals surface area contributed by atoms with E-state index in [0.717, 1.165) is 37.0 Å². The number of nitrogens with zero attached hydrogens (tertiary/aromatic N) is 1. The zero-order chi connectivity index (χ0) is 21.1. The van der Waals surface area contributed by atoms with E-state index in [1.165, 1.54) is 11.1 Å². The van der Waals surface area contributed by atoms with Crippen molar-refractivity contribution >= 4 is 10.1 Å². The molecule has 0 saturated carbocycles. The zero-order valence-corrected chi connectivity index (χ0v) is 18.5. The van der Waals surface area contributed by atoms with Crippen molar-refractivity contribution in [3.63, 3.8) is 0 Å². The normalized spacial score (nSPS) is 33.8. The van der Waals surface area contributed by atoms with Crippen molar-refractivity contribution in [1.29, 1.82) is 0 Å². The van der Waals surface area contributed by atoms with Crippen molar-refractivity contribution in [2.75, 3.05) is 26.5 Å². The summed E-state index contributed by atoms with van der Waals surface area (Å²) in [5.74, 6) is 1.66. The first-order valence-corrected chi connectivity index (χ1v) is 12.5. The van der Waals surface area contributed by atoms with Crippen molar-refractivity contribution in [3.05, 3.63) is 35.4 Å². The lowest BCUT2D eigenvalue weighted by atomic mass is 9.53. The molecule has 2 bridgehead atoms. The summed E-state index contributed by atoms with van der Waals surface area (Å²) in [5, 5.41) is 1.66. The minimum absolute atomic E-state index is 0.0701. The number of methoxy groups -OCH3 is 1. The van der Waals surface area contributed by atoms with E-state index in [2.05, 4.69) is 25.1 Å². The largest absolute Gasteiger partial charge is 0.493 e. The van der Waals surface area contributed by atoms with Gasteiger partial charge in [0.25, 0.3) is 10.1 Å². The van der Waals surface area contributed by atoms with Gasteiger partial charge in [-0.2, -0.15) is 17.8 Å². The Morgan fingerprint density at radius 1 is 1.30 bits per heavy atom. The molecule has 0 N–H and O–H groups in total. The van der Waals surface area contributed by atoms with Gasteiger partial charge in [-0.05, 0) is 30.9 Å². The number of piperidine rings is 1. The van der Waals surface area contributed by atoms with Crippen LogP contribution >= 0.6 is 0 Å². The molecule has 0 amide bonds. The molecule has 8 heteroatoms. The summed E-state index contributed by atoms with van der Waals surface area (Å²) in [4.78, 5) is 0. The average Bonchev–Trinajstić information content (AvgIpc) is 3.05. The molecule has 2 aliphatic heterocycles. The minimum atomic E-state index is -3.59. The fourth-order valence-corrected chi connectivity index (χ4v) is 6.46. The van der Waals surface area contributed by atoms with E-state index < -0.39 is 10.1 Å². The van der Waals surface area contributed by atoms with Gasteiger partial charge in [-0.15, -0.1) is 0 Å².